The van der Waals surface area contributed by atoms with Gasteiger partial charge in [0.2, 0.25) is 5.91 Å². The summed E-state index contributed by atoms with van der Waals surface area (Å²) in [5.74, 6) is 0.173. The average molecular weight is 145 g/mol. The summed E-state index contributed by atoms with van der Waals surface area (Å²) in [6.07, 6.45) is 2.72. The standard InChI is InChI=1S/C6H11NOS/c8-6-3-1-2-5(9)4-7-6/h5,9H,1-4H2,(H,7,8)/t5-/m0/s1. The lowest BCUT2D eigenvalue weighted by Gasteiger charge is -2.03. The van der Waals surface area contributed by atoms with Crippen LogP contribution in [0.15, 0.2) is 0 Å². The summed E-state index contributed by atoms with van der Waals surface area (Å²) in [5, 5.41) is 3.15. The van der Waals surface area contributed by atoms with Crippen LogP contribution in [-0.2, 0) is 4.79 Å². The van der Waals surface area contributed by atoms with E-state index in [0.717, 1.165) is 19.4 Å². The number of carbonyl (C=O) groups is 1. The Balaban J connectivity index is 2.34. The Kier molecular flexibility index (Phi) is 2.39. The highest BCUT2D eigenvalue weighted by molar-refractivity contribution is 7.81. The SMILES string of the molecule is O=C1CCC[C@H](S)CN1. The number of hydrogen-bond donors (Lipinski definition) is 2. The van der Waals surface area contributed by atoms with E-state index in [1.54, 1.807) is 0 Å². The van der Waals surface area contributed by atoms with Crippen LogP contribution in [0.1, 0.15) is 19.3 Å². The number of carbonyl (C=O) groups excluding carboxylic acids is 1. The summed E-state index contributed by atoms with van der Waals surface area (Å²) in [5.41, 5.74) is 0. The van der Waals surface area contributed by atoms with Crippen molar-refractivity contribution < 1.29 is 4.79 Å². The first-order valence-electron chi connectivity index (χ1n) is 3.24. The van der Waals surface area contributed by atoms with E-state index in [4.69, 9.17) is 0 Å². The quantitative estimate of drug-likeness (QED) is 0.480. The summed E-state index contributed by atoms with van der Waals surface area (Å²) in [6.45, 7) is 0.738. The maximum Gasteiger partial charge on any atom is 0.220 e. The van der Waals surface area contributed by atoms with Gasteiger partial charge in [-0.15, -0.1) is 0 Å². The van der Waals surface area contributed by atoms with Crippen LogP contribution in [0.5, 0.6) is 0 Å². The molecule has 2 nitrogen and oxygen atoms in total. The molecule has 1 heterocycles. The highest BCUT2D eigenvalue weighted by Gasteiger charge is 2.10. The zero-order chi connectivity index (χ0) is 6.69. The van der Waals surface area contributed by atoms with Gasteiger partial charge in [0.05, 0.1) is 0 Å². The van der Waals surface area contributed by atoms with Crippen LogP contribution < -0.4 is 5.32 Å². The second kappa shape index (κ2) is 3.11. The molecular formula is C6H11NOS. The van der Waals surface area contributed by atoms with Gasteiger partial charge in [0.1, 0.15) is 0 Å². The molecule has 1 N–H and O–H groups in total. The van der Waals surface area contributed by atoms with Gasteiger partial charge in [0, 0.05) is 18.2 Å². The largest absolute Gasteiger partial charge is 0.355 e. The highest BCUT2D eigenvalue weighted by atomic mass is 32.1. The number of thiol groups is 1. The van der Waals surface area contributed by atoms with Crippen LogP contribution in [0.3, 0.4) is 0 Å². The third-order valence-electron chi connectivity index (χ3n) is 1.48. The Bertz CT molecular complexity index is 116. The van der Waals surface area contributed by atoms with Gasteiger partial charge in [0.15, 0.2) is 0 Å². The molecular weight excluding hydrogens is 134 g/mol. The van der Waals surface area contributed by atoms with Gasteiger partial charge in [0.25, 0.3) is 0 Å². The highest BCUT2D eigenvalue weighted by Crippen LogP contribution is 2.09. The summed E-state index contributed by atoms with van der Waals surface area (Å²) in [6, 6.07) is 0. The van der Waals surface area contributed by atoms with E-state index >= 15 is 0 Å². The minimum atomic E-state index is 0.173. The van der Waals surface area contributed by atoms with Gasteiger partial charge in [-0.25, -0.2) is 0 Å². The fourth-order valence-corrected chi connectivity index (χ4v) is 1.19. The number of nitrogens with one attached hydrogen (secondary N) is 1. The van der Waals surface area contributed by atoms with Gasteiger partial charge in [-0.1, -0.05) is 0 Å². The first kappa shape index (κ1) is 6.93. The molecule has 0 spiro atoms. The van der Waals surface area contributed by atoms with E-state index in [0.29, 0.717) is 11.7 Å². The lowest BCUT2D eigenvalue weighted by molar-refractivity contribution is -0.120. The third-order valence-corrected chi connectivity index (χ3v) is 1.92. The molecule has 0 unspecified atom stereocenters. The lowest BCUT2D eigenvalue weighted by atomic mass is 10.2. The molecule has 0 aliphatic carbocycles. The van der Waals surface area contributed by atoms with Gasteiger partial charge in [-0.2, -0.15) is 12.6 Å². The smallest absolute Gasteiger partial charge is 0.220 e. The Morgan fingerprint density at radius 1 is 1.67 bits per heavy atom. The van der Waals surface area contributed by atoms with E-state index in [-0.39, 0.29) is 5.91 Å². The molecule has 0 aromatic rings. The van der Waals surface area contributed by atoms with Crippen LogP contribution in [-0.4, -0.2) is 17.7 Å². The van der Waals surface area contributed by atoms with Crippen molar-refractivity contribution in [2.75, 3.05) is 6.54 Å². The summed E-state index contributed by atoms with van der Waals surface area (Å²) < 4.78 is 0. The molecule has 0 saturated carbocycles. The Labute approximate surface area is 60.4 Å². The Hall–Kier alpha value is -0.180. The molecule has 1 atom stereocenters. The van der Waals surface area contributed by atoms with Crippen molar-refractivity contribution in [2.24, 2.45) is 0 Å². The second-order valence-corrected chi connectivity index (χ2v) is 3.08. The monoisotopic (exact) mass is 145 g/mol. The van der Waals surface area contributed by atoms with Crippen LogP contribution in [0.2, 0.25) is 0 Å². The summed E-state index contributed by atoms with van der Waals surface area (Å²) in [4.78, 5) is 10.7. The second-order valence-electron chi connectivity index (χ2n) is 2.35. The van der Waals surface area contributed by atoms with Crippen LogP contribution in [0, 0.1) is 0 Å². The maximum atomic E-state index is 10.7. The third kappa shape index (κ3) is 2.26. The van der Waals surface area contributed by atoms with Crippen LogP contribution in [0.4, 0.5) is 0 Å². The van der Waals surface area contributed by atoms with Crippen LogP contribution in [0.25, 0.3) is 0 Å². The predicted molar refractivity (Wildman–Crippen MR) is 39.6 cm³/mol. The van der Waals surface area contributed by atoms with Gasteiger partial charge in [-0.3, -0.25) is 4.79 Å². The molecule has 1 rings (SSSR count). The van der Waals surface area contributed by atoms with Crippen molar-refractivity contribution >= 4 is 18.5 Å². The average Bonchev–Trinajstić information content (AvgIpc) is 1.97. The maximum absolute atomic E-state index is 10.7. The molecule has 1 amide bonds. The first-order chi connectivity index (χ1) is 4.29. The van der Waals surface area contributed by atoms with Crippen molar-refractivity contribution in [3.8, 4) is 0 Å². The summed E-state index contributed by atoms with van der Waals surface area (Å²) in [7, 11) is 0. The molecule has 0 radical (unpaired) electrons. The van der Waals surface area contributed by atoms with Gasteiger partial charge >= 0.3 is 0 Å². The van der Waals surface area contributed by atoms with E-state index < -0.39 is 0 Å². The van der Waals surface area contributed by atoms with Crippen molar-refractivity contribution in [3.05, 3.63) is 0 Å². The zero-order valence-corrected chi connectivity index (χ0v) is 6.16. The molecule has 0 aromatic carbocycles. The first-order valence-corrected chi connectivity index (χ1v) is 3.75. The van der Waals surface area contributed by atoms with Crippen molar-refractivity contribution in [2.45, 2.75) is 24.5 Å². The molecule has 1 aliphatic rings. The lowest BCUT2D eigenvalue weighted by Crippen LogP contribution is -2.25. The normalized spacial score (nSPS) is 29.0. The van der Waals surface area contributed by atoms with Crippen molar-refractivity contribution in [1.82, 2.24) is 5.32 Å². The fourth-order valence-electron chi connectivity index (χ4n) is 0.920. The molecule has 1 aliphatic heterocycles. The zero-order valence-electron chi connectivity index (χ0n) is 5.26. The Morgan fingerprint density at radius 3 is 3.22 bits per heavy atom. The van der Waals surface area contributed by atoms with Crippen molar-refractivity contribution in [1.29, 1.82) is 0 Å². The molecule has 9 heavy (non-hydrogen) atoms. The minimum absolute atomic E-state index is 0.173. The molecule has 52 valence electrons. The van der Waals surface area contributed by atoms with Gasteiger partial charge < -0.3 is 5.32 Å². The summed E-state index contributed by atoms with van der Waals surface area (Å²) >= 11 is 4.26. The fraction of sp³-hybridized carbons (Fsp3) is 0.833. The van der Waals surface area contributed by atoms with E-state index in [1.807, 2.05) is 0 Å². The molecule has 0 aromatic heterocycles. The predicted octanol–water partition coefficient (Wildman–Crippen LogP) is 0.585. The molecule has 1 fully saturated rings. The molecule has 0 bridgehead atoms. The van der Waals surface area contributed by atoms with E-state index in [1.165, 1.54) is 0 Å². The number of amides is 1. The van der Waals surface area contributed by atoms with E-state index in [9.17, 15) is 4.79 Å². The molecule has 3 heteroatoms. The topological polar surface area (TPSA) is 29.1 Å². The van der Waals surface area contributed by atoms with E-state index in [2.05, 4.69) is 17.9 Å². The minimum Gasteiger partial charge on any atom is -0.355 e. The van der Waals surface area contributed by atoms with Gasteiger partial charge in [-0.05, 0) is 12.8 Å². The number of rotatable bonds is 0. The number of hydrogen-bond acceptors (Lipinski definition) is 2. The Morgan fingerprint density at radius 2 is 2.44 bits per heavy atom. The molecule has 1 saturated heterocycles. The van der Waals surface area contributed by atoms with Crippen molar-refractivity contribution in [3.63, 3.8) is 0 Å². The van der Waals surface area contributed by atoms with Crippen LogP contribution >= 0.6 is 12.6 Å².